The highest BCUT2D eigenvalue weighted by Gasteiger charge is 2.50. The minimum absolute atomic E-state index is 0.00445. The predicted octanol–water partition coefficient (Wildman–Crippen LogP) is 3.10. The lowest BCUT2D eigenvalue weighted by atomic mass is 9.80. The van der Waals surface area contributed by atoms with E-state index in [4.69, 9.17) is 19.5 Å². The normalized spacial score (nSPS) is 26.4. The molecule has 8 heteroatoms. The number of piperidine rings is 2. The van der Waals surface area contributed by atoms with E-state index in [1.165, 1.54) is 0 Å². The number of hydrogen-bond donors (Lipinski definition) is 0. The number of hydroxylamine groups is 4. The van der Waals surface area contributed by atoms with Gasteiger partial charge in [-0.1, -0.05) is 5.06 Å². The molecule has 0 spiro atoms. The molecule has 8 nitrogen and oxygen atoms in total. The standard InChI is InChI=1S/C23H42N2O6/c1-20(2)12-16(13-21(3,4)24(20)28)30-18(26)10-11-19(27)31-17-14-22(5,6)25(29-9)23(7,8)15-17/h16-17,28H,10-15H2,1-9H3/p+1. The number of carbonyl (C=O) groups is 2. The highest BCUT2D eigenvalue weighted by molar-refractivity contribution is 5.77. The van der Waals surface area contributed by atoms with Crippen molar-refractivity contribution in [3.8, 4) is 0 Å². The number of ether oxygens (including phenoxy) is 2. The third-order valence-electron chi connectivity index (χ3n) is 6.53. The van der Waals surface area contributed by atoms with Crippen LogP contribution in [0.1, 0.15) is 93.9 Å². The van der Waals surface area contributed by atoms with Crippen LogP contribution in [0.5, 0.6) is 0 Å². The first kappa shape index (κ1) is 26.0. The Morgan fingerprint density at radius 1 is 0.742 bits per heavy atom. The highest BCUT2D eigenvalue weighted by Crippen LogP contribution is 2.40. The summed E-state index contributed by atoms with van der Waals surface area (Å²) in [5, 5.41) is 11.9. The summed E-state index contributed by atoms with van der Waals surface area (Å²) in [6.45, 7) is 16.2. The van der Waals surface area contributed by atoms with Crippen molar-refractivity contribution in [2.24, 2.45) is 0 Å². The largest absolute Gasteiger partial charge is 0.462 e. The van der Waals surface area contributed by atoms with E-state index in [2.05, 4.69) is 27.7 Å². The number of hydrogen-bond acceptors (Lipinski definition) is 7. The van der Waals surface area contributed by atoms with Gasteiger partial charge in [0.1, 0.15) is 12.2 Å². The molecule has 0 unspecified atom stereocenters. The van der Waals surface area contributed by atoms with Gasteiger partial charge in [0, 0.05) is 36.8 Å². The SMILES string of the molecule is CON1C(C)(C)CC(OC(=O)CCC(=O)OC2CC(C)(C)N([OH2+])C(C)(C)C2)CC1(C)C. The van der Waals surface area contributed by atoms with E-state index in [0.717, 1.165) is 0 Å². The summed E-state index contributed by atoms with van der Waals surface area (Å²) in [7, 11) is 1.66. The Morgan fingerprint density at radius 3 is 1.39 bits per heavy atom. The molecular weight excluding hydrogens is 400 g/mol. The van der Waals surface area contributed by atoms with Crippen molar-refractivity contribution in [3.63, 3.8) is 0 Å². The van der Waals surface area contributed by atoms with E-state index in [1.54, 1.807) is 12.2 Å². The van der Waals surface area contributed by atoms with Crippen LogP contribution in [0, 0.1) is 0 Å². The molecule has 180 valence electrons. The number of carbonyl (C=O) groups excluding carboxylic acids is 2. The van der Waals surface area contributed by atoms with Gasteiger partial charge in [0.15, 0.2) is 0 Å². The maximum Gasteiger partial charge on any atom is 0.306 e. The summed E-state index contributed by atoms with van der Waals surface area (Å²) < 4.78 is 11.4. The van der Waals surface area contributed by atoms with Gasteiger partial charge in [-0.15, -0.1) is 0 Å². The third kappa shape index (κ3) is 6.18. The molecule has 2 aliphatic rings. The maximum absolute atomic E-state index is 12.4. The van der Waals surface area contributed by atoms with Gasteiger partial charge < -0.3 is 19.5 Å². The molecule has 0 amide bonds. The van der Waals surface area contributed by atoms with Crippen LogP contribution >= 0.6 is 0 Å². The lowest BCUT2D eigenvalue weighted by Crippen LogP contribution is -2.61. The quantitative estimate of drug-likeness (QED) is 0.460. The minimum Gasteiger partial charge on any atom is -0.462 e. The molecule has 0 saturated carbocycles. The predicted molar refractivity (Wildman–Crippen MR) is 118 cm³/mol. The molecule has 0 atom stereocenters. The molecule has 2 saturated heterocycles. The van der Waals surface area contributed by atoms with Gasteiger partial charge in [-0.3, -0.25) is 9.59 Å². The van der Waals surface area contributed by atoms with Gasteiger partial charge in [-0.2, -0.15) is 5.06 Å². The topological polar surface area (TPSA) is 91.2 Å². The Balaban J connectivity index is 1.84. The Morgan fingerprint density at radius 2 is 1.06 bits per heavy atom. The van der Waals surface area contributed by atoms with E-state index in [1.807, 2.05) is 32.8 Å². The zero-order chi connectivity index (χ0) is 23.8. The van der Waals surface area contributed by atoms with Gasteiger partial charge in [0.05, 0.1) is 31.0 Å². The average Bonchev–Trinajstić information content (AvgIpc) is 2.55. The van der Waals surface area contributed by atoms with Crippen LogP contribution in [0.25, 0.3) is 0 Å². The zero-order valence-electron chi connectivity index (χ0n) is 20.8. The molecule has 0 aromatic heterocycles. The van der Waals surface area contributed by atoms with Gasteiger partial charge in [-0.25, -0.2) is 0 Å². The number of rotatable bonds is 6. The maximum atomic E-state index is 12.4. The average molecular weight is 444 g/mol. The molecule has 2 N–H and O–H groups in total. The Labute approximate surface area is 187 Å². The summed E-state index contributed by atoms with van der Waals surface area (Å²) >= 11 is 0. The molecular formula is C23H43N2O6+. The summed E-state index contributed by atoms with van der Waals surface area (Å²) in [4.78, 5) is 30.4. The molecule has 2 rings (SSSR count). The molecule has 31 heavy (non-hydrogen) atoms. The molecule has 0 aromatic rings. The van der Waals surface area contributed by atoms with Crippen LogP contribution in [0.3, 0.4) is 0 Å². The van der Waals surface area contributed by atoms with E-state index < -0.39 is 0 Å². The number of nitrogens with zero attached hydrogens (tertiary/aromatic N) is 2. The monoisotopic (exact) mass is 443 g/mol. The van der Waals surface area contributed by atoms with E-state index >= 15 is 0 Å². The summed E-state index contributed by atoms with van der Waals surface area (Å²) in [6.07, 6.45) is 2.06. The second-order valence-electron chi connectivity index (χ2n) is 11.6. The van der Waals surface area contributed by atoms with Crippen LogP contribution in [0.4, 0.5) is 0 Å². The van der Waals surface area contributed by atoms with Crippen molar-refractivity contribution in [1.82, 2.24) is 10.1 Å². The van der Waals surface area contributed by atoms with E-state index in [-0.39, 0.29) is 59.1 Å². The summed E-state index contributed by atoms with van der Waals surface area (Å²) in [5.41, 5.74) is -1.32. The Bertz CT molecular complexity index is 637. The van der Waals surface area contributed by atoms with Crippen molar-refractivity contribution in [3.05, 3.63) is 0 Å². The van der Waals surface area contributed by atoms with Crippen LogP contribution in [-0.4, -0.2) is 68.7 Å². The summed E-state index contributed by atoms with van der Waals surface area (Å²) in [6, 6.07) is 0. The fourth-order valence-electron chi connectivity index (χ4n) is 5.71. The molecule has 2 heterocycles. The fourth-order valence-corrected chi connectivity index (χ4v) is 5.71. The second-order valence-corrected chi connectivity index (χ2v) is 11.6. The highest BCUT2D eigenvalue weighted by atomic mass is 16.7. The van der Waals surface area contributed by atoms with Crippen LogP contribution in [-0.2, 0) is 23.9 Å². The number of esters is 2. The minimum atomic E-state index is -0.387. The molecule has 0 aliphatic carbocycles. The van der Waals surface area contributed by atoms with Crippen molar-refractivity contribution in [2.45, 2.75) is 128 Å². The van der Waals surface area contributed by atoms with Crippen LogP contribution < -0.4 is 0 Å². The molecule has 0 bridgehead atoms. The Kier molecular flexibility index (Phi) is 7.53. The molecule has 2 fully saturated rings. The van der Waals surface area contributed by atoms with Crippen molar-refractivity contribution in [2.75, 3.05) is 7.11 Å². The van der Waals surface area contributed by atoms with Crippen molar-refractivity contribution >= 4 is 11.9 Å². The second kappa shape index (κ2) is 8.96. The lowest BCUT2D eigenvalue weighted by Gasteiger charge is -2.52. The van der Waals surface area contributed by atoms with Crippen molar-refractivity contribution in [1.29, 1.82) is 0 Å². The van der Waals surface area contributed by atoms with Gasteiger partial charge in [0.2, 0.25) is 0 Å². The van der Waals surface area contributed by atoms with Gasteiger partial charge in [0.25, 0.3) is 0 Å². The zero-order valence-corrected chi connectivity index (χ0v) is 20.8. The van der Waals surface area contributed by atoms with Crippen molar-refractivity contribution < 1.29 is 29.1 Å². The summed E-state index contributed by atoms with van der Waals surface area (Å²) in [5.74, 6) is -0.761. The Hall–Kier alpha value is -1.22. The first-order valence-electron chi connectivity index (χ1n) is 11.3. The van der Waals surface area contributed by atoms with Gasteiger partial charge >= 0.3 is 11.9 Å². The van der Waals surface area contributed by atoms with Gasteiger partial charge in [-0.05, 0) is 55.4 Å². The lowest BCUT2D eigenvalue weighted by molar-refractivity contribution is -0.278. The third-order valence-corrected chi connectivity index (χ3v) is 6.53. The molecule has 2 aliphatic heterocycles. The molecule has 0 radical (unpaired) electrons. The molecule has 0 aromatic carbocycles. The van der Waals surface area contributed by atoms with Crippen LogP contribution in [0.15, 0.2) is 0 Å². The smallest absolute Gasteiger partial charge is 0.306 e. The van der Waals surface area contributed by atoms with E-state index in [0.29, 0.717) is 25.7 Å². The van der Waals surface area contributed by atoms with E-state index in [9.17, 15) is 9.59 Å². The first-order valence-corrected chi connectivity index (χ1v) is 11.3. The van der Waals surface area contributed by atoms with Crippen LogP contribution in [0.2, 0.25) is 0 Å². The fraction of sp³-hybridized carbons (Fsp3) is 0.913. The first-order chi connectivity index (χ1) is 14.0.